The Morgan fingerprint density at radius 2 is 1.75 bits per heavy atom. The molecule has 0 atom stereocenters. The predicted molar refractivity (Wildman–Crippen MR) is 133 cm³/mol. The SMILES string of the molecule is Cc1nc(N)ccc1CNC(=O)Cn1c(C)cnc(NNS(=O)(=O)c2ccccc2F)c1=O.O=C(O)C(F)(F)F. The van der Waals surface area contributed by atoms with Crippen LogP contribution in [0.5, 0.6) is 0 Å². The number of nitrogens with two attached hydrogens (primary N) is 1. The van der Waals surface area contributed by atoms with E-state index in [1.54, 1.807) is 26.0 Å². The van der Waals surface area contributed by atoms with E-state index in [4.69, 9.17) is 15.6 Å². The van der Waals surface area contributed by atoms with Crippen LogP contribution in [0.2, 0.25) is 0 Å². The lowest BCUT2D eigenvalue weighted by Gasteiger charge is -2.14. The van der Waals surface area contributed by atoms with Gasteiger partial charge >= 0.3 is 12.1 Å². The number of aliphatic carboxylic acids is 1. The molecule has 0 unspecified atom stereocenters. The molecular formula is C22H23F4N7O6S. The molecule has 0 saturated carbocycles. The van der Waals surface area contributed by atoms with Crippen molar-refractivity contribution in [1.29, 1.82) is 0 Å². The molecule has 1 aromatic carbocycles. The van der Waals surface area contributed by atoms with Gasteiger partial charge in [-0.2, -0.15) is 13.2 Å². The number of alkyl halides is 3. The summed E-state index contributed by atoms with van der Waals surface area (Å²) in [6, 6.07) is 8.13. The Kier molecular flexibility index (Phi) is 10.3. The normalized spacial score (nSPS) is 11.2. The van der Waals surface area contributed by atoms with Gasteiger partial charge in [0.05, 0.1) is 0 Å². The molecule has 40 heavy (non-hydrogen) atoms. The van der Waals surface area contributed by atoms with Crippen LogP contribution in [0, 0.1) is 19.7 Å². The second-order valence-electron chi connectivity index (χ2n) is 7.86. The van der Waals surface area contributed by atoms with Gasteiger partial charge in [0.1, 0.15) is 23.1 Å². The highest BCUT2D eigenvalue weighted by Crippen LogP contribution is 2.14. The molecule has 0 aliphatic heterocycles. The molecule has 0 fully saturated rings. The monoisotopic (exact) mass is 589 g/mol. The molecule has 0 bridgehead atoms. The first-order chi connectivity index (χ1) is 18.5. The number of aryl methyl sites for hydroxylation is 2. The Bertz CT molecular complexity index is 1560. The number of hydrazine groups is 1. The Hall–Kier alpha value is -4.58. The molecular weight excluding hydrogens is 566 g/mol. The third-order valence-corrected chi connectivity index (χ3v) is 6.20. The molecule has 1 amide bonds. The zero-order valence-electron chi connectivity index (χ0n) is 20.8. The first-order valence-corrected chi connectivity index (χ1v) is 12.4. The number of carbonyl (C=O) groups is 2. The lowest BCUT2D eigenvalue weighted by Crippen LogP contribution is -2.38. The van der Waals surface area contributed by atoms with Crippen molar-refractivity contribution < 1.29 is 40.7 Å². The summed E-state index contributed by atoms with van der Waals surface area (Å²) in [4.78, 5) is 43.3. The van der Waals surface area contributed by atoms with Crippen LogP contribution in [-0.2, 0) is 32.7 Å². The van der Waals surface area contributed by atoms with Gasteiger partial charge in [-0.1, -0.05) is 18.2 Å². The van der Waals surface area contributed by atoms with Crippen molar-refractivity contribution in [3.05, 3.63) is 75.7 Å². The zero-order valence-corrected chi connectivity index (χ0v) is 21.6. The van der Waals surface area contributed by atoms with Crippen LogP contribution in [0.3, 0.4) is 0 Å². The van der Waals surface area contributed by atoms with E-state index in [0.717, 1.165) is 22.3 Å². The van der Waals surface area contributed by atoms with Crippen LogP contribution in [0.15, 0.2) is 52.3 Å². The van der Waals surface area contributed by atoms with Gasteiger partial charge in [0.25, 0.3) is 15.6 Å². The summed E-state index contributed by atoms with van der Waals surface area (Å²) in [5, 5.41) is 9.82. The number of aromatic nitrogens is 3. The van der Waals surface area contributed by atoms with Crippen LogP contribution in [-0.4, -0.2) is 46.1 Å². The molecule has 2 aromatic heterocycles. The smallest absolute Gasteiger partial charge is 0.475 e. The summed E-state index contributed by atoms with van der Waals surface area (Å²) in [7, 11) is -4.32. The van der Waals surface area contributed by atoms with Crippen LogP contribution < -0.4 is 26.9 Å². The maximum Gasteiger partial charge on any atom is 0.490 e. The number of pyridine rings is 1. The Morgan fingerprint density at radius 1 is 1.12 bits per heavy atom. The second kappa shape index (κ2) is 13.0. The third kappa shape index (κ3) is 8.73. The van der Waals surface area contributed by atoms with Crippen molar-refractivity contribution >= 4 is 33.5 Å². The highest BCUT2D eigenvalue weighted by atomic mass is 32.2. The molecule has 3 aromatic rings. The second-order valence-corrected chi connectivity index (χ2v) is 9.51. The van der Waals surface area contributed by atoms with Gasteiger partial charge in [0, 0.05) is 24.1 Å². The topological polar surface area (TPSA) is 198 Å². The number of sulfonamides is 1. The van der Waals surface area contributed by atoms with E-state index in [1.165, 1.54) is 18.3 Å². The quantitative estimate of drug-likeness (QED) is 0.188. The Balaban J connectivity index is 0.000000708. The van der Waals surface area contributed by atoms with E-state index in [-0.39, 0.29) is 18.9 Å². The van der Waals surface area contributed by atoms with Crippen LogP contribution in [0.25, 0.3) is 0 Å². The summed E-state index contributed by atoms with van der Waals surface area (Å²) in [6.45, 7) is 3.19. The zero-order chi connectivity index (χ0) is 30.3. The molecule has 3 rings (SSSR count). The summed E-state index contributed by atoms with van der Waals surface area (Å²) in [5.74, 6) is -4.18. The van der Waals surface area contributed by atoms with Crippen molar-refractivity contribution in [3.63, 3.8) is 0 Å². The van der Waals surface area contributed by atoms with Gasteiger partial charge in [0.15, 0.2) is 0 Å². The van der Waals surface area contributed by atoms with E-state index < -0.39 is 44.3 Å². The summed E-state index contributed by atoms with van der Waals surface area (Å²) in [5.41, 5.74) is 8.87. The van der Waals surface area contributed by atoms with Crippen molar-refractivity contribution in [3.8, 4) is 0 Å². The molecule has 0 radical (unpaired) electrons. The van der Waals surface area contributed by atoms with Crippen molar-refractivity contribution in [2.75, 3.05) is 11.2 Å². The van der Waals surface area contributed by atoms with E-state index in [1.807, 2.05) is 4.83 Å². The van der Waals surface area contributed by atoms with Gasteiger partial charge in [-0.3, -0.25) is 19.6 Å². The van der Waals surface area contributed by atoms with Gasteiger partial charge in [-0.15, -0.1) is 4.83 Å². The fourth-order valence-corrected chi connectivity index (χ4v) is 3.80. The van der Waals surface area contributed by atoms with Gasteiger partial charge in [0.2, 0.25) is 11.7 Å². The van der Waals surface area contributed by atoms with Gasteiger partial charge in [-0.25, -0.2) is 27.6 Å². The molecule has 0 spiro atoms. The fourth-order valence-electron chi connectivity index (χ4n) is 2.88. The van der Waals surface area contributed by atoms with E-state index in [0.29, 0.717) is 17.2 Å². The minimum absolute atomic E-state index is 0.185. The number of hydrogen-bond acceptors (Lipinski definition) is 9. The first kappa shape index (κ1) is 31.6. The van der Waals surface area contributed by atoms with E-state index >= 15 is 0 Å². The number of amides is 1. The number of nitrogen functional groups attached to an aromatic ring is 1. The summed E-state index contributed by atoms with van der Waals surface area (Å²) in [6.07, 6.45) is -3.79. The number of carboxylic acid groups (broad SMARTS) is 1. The number of halogens is 4. The predicted octanol–water partition coefficient (Wildman–Crippen LogP) is 1.23. The number of carboxylic acids is 1. The molecule has 216 valence electrons. The van der Waals surface area contributed by atoms with Gasteiger partial charge < -0.3 is 16.2 Å². The Morgan fingerprint density at radius 3 is 2.33 bits per heavy atom. The highest BCUT2D eigenvalue weighted by Gasteiger charge is 2.38. The minimum Gasteiger partial charge on any atom is -0.475 e. The molecule has 6 N–H and O–H groups in total. The fraction of sp³-hybridized carbons (Fsp3) is 0.227. The maximum atomic E-state index is 13.8. The number of benzene rings is 1. The molecule has 18 heteroatoms. The number of carbonyl (C=O) groups excluding carboxylic acids is 1. The number of nitrogens with one attached hydrogen (secondary N) is 3. The molecule has 13 nitrogen and oxygen atoms in total. The van der Waals surface area contributed by atoms with Crippen LogP contribution >= 0.6 is 0 Å². The average molecular weight is 590 g/mol. The van der Waals surface area contributed by atoms with Gasteiger partial charge in [-0.05, 0) is 37.6 Å². The standard InChI is InChI=1S/C20H22FN7O4S.C2HF3O2/c1-12-9-24-19(26-27-33(31,32)16-6-4-3-5-15(16)21)20(30)28(12)11-18(29)23-10-14-7-8-17(22)25-13(14)2;3-2(4,5)1(6)7/h3-9,27H,10-11H2,1-2H3,(H2,22,25)(H,23,29)(H,24,26);(H,6,7). The number of hydrogen-bond donors (Lipinski definition) is 5. The summed E-state index contributed by atoms with van der Waals surface area (Å²) < 4.78 is 71.3. The lowest BCUT2D eigenvalue weighted by atomic mass is 10.2. The van der Waals surface area contributed by atoms with Crippen molar-refractivity contribution in [2.45, 2.75) is 38.0 Å². The third-order valence-electron chi connectivity index (χ3n) is 4.92. The number of anilines is 2. The van der Waals surface area contributed by atoms with E-state index in [9.17, 15) is 35.6 Å². The lowest BCUT2D eigenvalue weighted by molar-refractivity contribution is -0.192. The minimum atomic E-state index is -5.08. The average Bonchev–Trinajstić information content (AvgIpc) is 2.85. The summed E-state index contributed by atoms with van der Waals surface area (Å²) >= 11 is 0. The molecule has 0 saturated heterocycles. The highest BCUT2D eigenvalue weighted by molar-refractivity contribution is 7.89. The molecule has 0 aliphatic carbocycles. The maximum absolute atomic E-state index is 13.8. The molecule has 0 aliphatic rings. The van der Waals surface area contributed by atoms with Crippen LogP contribution in [0.4, 0.5) is 29.2 Å². The van der Waals surface area contributed by atoms with Crippen molar-refractivity contribution in [1.82, 2.24) is 24.7 Å². The number of rotatable bonds is 8. The first-order valence-electron chi connectivity index (χ1n) is 10.9. The number of nitrogens with zero attached hydrogens (tertiary/aromatic N) is 3. The Labute approximate surface area is 224 Å². The largest absolute Gasteiger partial charge is 0.490 e. The van der Waals surface area contributed by atoms with Crippen LogP contribution in [0.1, 0.15) is 17.0 Å². The van der Waals surface area contributed by atoms with E-state index in [2.05, 4.69) is 20.7 Å². The molecule has 2 heterocycles. The van der Waals surface area contributed by atoms with Crippen molar-refractivity contribution in [2.24, 2.45) is 0 Å².